The maximum Gasteiger partial charge on any atom is 0.306 e. The summed E-state index contributed by atoms with van der Waals surface area (Å²) < 4.78 is 31.1. The van der Waals surface area contributed by atoms with Gasteiger partial charge >= 0.3 is 6.02 Å². The molecule has 1 aliphatic heterocycles. The van der Waals surface area contributed by atoms with Crippen LogP contribution in [0, 0.1) is 0 Å². The number of aromatic nitrogens is 1. The second kappa shape index (κ2) is 2.95. The minimum Gasteiger partial charge on any atom is -0.468 e. The molecule has 0 unspecified atom stereocenters. The summed E-state index contributed by atoms with van der Waals surface area (Å²) in [7, 11) is -2.34. The van der Waals surface area contributed by atoms with Crippen molar-refractivity contribution < 1.29 is 13.2 Å². The van der Waals surface area contributed by atoms with Crippen molar-refractivity contribution in [1.29, 1.82) is 0 Å². The van der Waals surface area contributed by atoms with Crippen molar-refractivity contribution in [2.45, 2.75) is 4.90 Å². The summed E-state index contributed by atoms with van der Waals surface area (Å²) in [6.07, 6.45) is 1.49. The molecule has 6 nitrogen and oxygen atoms in total. The van der Waals surface area contributed by atoms with E-state index in [0.717, 1.165) is 0 Å². The number of methoxy groups -OCH3 is 1. The predicted molar refractivity (Wildman–Crippen MR) is 49.5 cm³/mol. The molecule has 0 radical (unpaired) electrons. The highest BCUT2D eigenvalue weighted by atomic mass is 32.2. The SMILES string of the molecule is COC1=NS(=O)(=O)c2cccnc2N1. The first kappa shape index (κ1) is 8.95. The zero-order valence-electron chi connectivity index (χ0n) is 7.26. The Morgan fingerprint density at radius 1 is 1.50 bits per heavy atom. The van der Waals surface area contributed by atoms with Crippen molar-refractivity contribution in [3.63, 3.8) is 0 Å². The van der Waals surface area contributed by atoms with E-state index in [2.05, 4.69) is 14.7 Å². The van der Waals surface area contributed by atoms with Gasteiger partial charge < -0.3 is 4.74 Å². The van der Waals surface area contributed by atoms with Gasteiger partial charge in [0.1, 0.15) is 4.90 Å². The van der Waals surface area contributed by atoms with Crippen molar-refractivity contribution in [3.05, 3.63) is 18.3 Å². The summed E-state index contributed by atoms with van der Waals surface area (Å²) in [5, 5.41) is 2.64. The second-order valence-electron chi connectivity index (χ2n) is 2.55. The Kier molecular flexibility index (Phi) is 1.88. The number of rotatable bonds is 0. The summed E-state index contributed by atoms with van der Waals surface area (Å²) >= 11 is 0. The first-order valence-electron chi connectivity index (χ1n) is 3.74. The van der Waals surface area contributed by atoms with E-state index in [9.17, 15) is 8.42 Å². The van der Waals surface area contributed by atoms with Gasteiger partial charge in [-0.1, -0.05) is 0 Å². The molecule has 0 spiro atoms. The molecular weight excluding hydrogens is 206 g/mol. The van der Waals surface area contributed by atoms with Crippen LogP contribution >= 0.6 is 0 Å². The molecular formula is C7H7N3O3S. The van der Waals surface area contributed by atoms with Gasteiger partial charge in [-0.15, -0.1) is 4.40 Å². The van der Waals surface area contributed by atoms with Crippen LogP contribution in [-0.4, -0.2) is 26.5 Å². The van der Waals surface area contributed by atoms with E-state index >= 15 is 0 Å². The van der Waals surface area contributed by atoms with E-state index < -0.39 is 10.0 Å². The molecule has 0 aliphatic carbocycles. The number of amidine groups is 1. The van der Waals surface area contributed by atoms with E-state index in [0.29, 0.717) is 0 Å². The number of hydrogen-bond donors (Lipinski definition) is 1. The Labute approximate surface area is 80.7 Å². The Morgan fingerprint density at radius 2 is 2.29 bits per heavy atom. The summed E-state index contributed by atoms with van der Waals surface area (Å²) in [4.78, 5) is 3.92. The molecule has 0 amide bonds. The summed E-state index contributed by atoms with van der Waals surface area (Å²) in [6, 6.07) is 2.89. The van der Waals surface area contributed by atoms with E-state index in [-0.39, 0.29) is 16.7 Å². The lowest BCUT2D eigenvalue weighted by molar-refractivity contribution is 0.401. The number of nitrogens with one attached hydrogen (secondary N) is 1. The fourth-order valence-electron chi connectivity index (χ4n) is 1.06. The van der Waals surface area contributed by atoms with Crippen LogP contribution in [0.15, 0.2) is 27.6 Å². The molecule has 7 heteroatoms. The van der Waals surface area contributed by atoms with Crippen molar-refractivity contribution in [2.75, 3.05) is 12.4 Å². The average molecular weight is 213 g/mol. The molecule has 0 atom stereocenters. The Bertz CT molecular complexity index is 495. The van der Waals surface area contributed by atoms with Crippen LogP contribution in [0.25, 0.3) is 0 Å². The zero-order valence-corrected chi connectivity index (χ0v) is 8.08. The highest BCUT2D eigenvalue weighted by molar-refractivity contribution is 7.90. The van der Waals surface area contributed by atoms with Crippen LogP contribution in [0.4, 0.5) is 5.82 Å². The van der Waals surface area contributed by atoms with Crippen LogP contribution in [0.2, 0.25) is 0 Å². The largest absolute Gasteiger partial charge is 0.468 e. The van der Waals surface area contributed by atoms with Gasteiger partial charge in [0.15, 0.2) is 5.82 Å². The van der Waals surface area contributed by atoms with E-state index in [1.165, 1.54) is 25.4 Å². The standard InChI is InChI=1S/C7H7N3O3S/c1-13-7-9-6-5(3-2-4-8-6)14(11,12)10-7/h2-4H,1H3,(H,8,9,10). The van der Waals surface area contributed by atoms with Gasteiger partial charge in [-0.25, -0.2) is 4.98 Å². The molecule has 1 aromatic heterocycles. The van der Waals surface area contributed by atoms with Gasteiger partial charge in [0.2, 0.25) is 0 Å². The third-order valence-corrected chi connectivity index (χ3v) is 2.96. The molecule has 0 fully saturated rings. The topological polar surface area (TPSA) is 80.7 Å². The van der Waals surface area contributed by atoms with E-state index in [1.807, 2.05) is 0 Å². The van der Waals surface area contributed by atoms with E-state index in [4.69, 9.17) is 4.74 Å². The number of fused-ring (bicyclic) bond motifs is 1. The molecule has 2 heterocycles. The molecule has 2 rings (SSSR count). The third kappa shape index (κ3) is 1.31. The van der Waals surface area contributed by atoms with Crippen LogP contribution in [0.3, 0.4) is 0 Å². The Morgan fingerprint density at radius 3 is 3.00 bits per heavy atom. The Hall–Kier alpha value is -1.63. The number of nitrogens with zero attached hydrogens (tertiary/aromatic N) is 2. The minimum absolute atomic E-state index is 0.0563. The highest BCUT2D eigenvalue weighted by Gasteiger charge is 2.25. The lowest BCUT2D eigenvalue weighted by Gasteiger charge is -2.14. The predicted octanol–water partition coefficient (Wildman–Crippen LogP) is 0.198. The van der Waals surface area contributed by atoms with E-state index in [1.54, 1.807) is 0 Å². The van der Waals surface area contributed by atoms with Crippen molar-refractivity contribution in [1.82, 2.24) is 4.98 Å². The summed E-state index contributed by atoms with van der Waals surface area (Å²) in [5.74, 6) is 0.236. The fraction of sp³-hybridized carbons (Fsp3) is 0.143. The first-order chi connectivity index (χ1) is 6.63. The smallest absolute Gasteiger partial charge is 0.306 e. The number of hydrogen-bond acceptors (Lipinski definition) is 5. The number of pyridine rings is 1. The lowest BCUT2D eigenvalue weighted by Crippen LogP contribution is -2.23. The minimum atomic E-state index is -3.67. The summed E-state index contributed by atoms with van der Waals surface area (Å²) in [6.45, 7) is 0. The van der Waals surface area contributed by atoms with Crippen molar-refractivity contribution >= 4 is 21.9 Å². The molecule has 74 valence electrons. The van der Waals surface area contributed by atoms with Gasteiger partial charge in [-0.2, -0.15) is 8.42 Å². The monoisotopic (exact) mass is 213 g/mol. The lowest BCUT2D eigenvalue weighted by atomic mass is 10.4. The normalized spacial score (nSPS) is 17.6. The van der Waals surface area contributed by atoms with Gasteiger partial charge in [0.05, 0.1) is 7.11 Å². The molecule has 1 aromatic rings. The molecule has 0 saturated carbocycles. The average Bonchev–Trinajstić information content (AvgIpc) is 2.17. The number of sulfonamides is 1. The van der Waals surface area contributed by atoms with Crippen LogP contribution < -0.4 is 5.32 Å². The highest BCUT2D eigenvalue weighted by Crippen LogP contribution is 2.24. The van der Waals surface area contributed by atoms with Crippen molar-refractivity contribution in [2.24, 2.45) is 4.40 Å². The first-order valence-corrected chi connectivity index (χ1v) is 5.18. The molecule has 1 aliphatic rings. The molecule has 14 heavy (non-hydrogen) atoms. The van der Waals surface area contributed by atoms with Crippen LogP contribution in [0.5, 0.6) is 0 Å². The van der Waals surface area contributed by atoms with Crippen LogP contribution in [0.1, 0.15) is 0 Å². The maximum absolute atomic E-state index is 11.5. The second-order valence-corrected chi connectivity index (χ2v) is 4.12. The van der Waals surface area contributed by atoms with Crippen molar-refractivity contribution in [3.8, 4) is 0 Å². The number of ether oxygens (including phenoxy) is 1. The van der Waals surface area contributed by atoms with Gasteiger partial charge in [0.25, 0.3) is 10.0 Å². The number of anilines is 1. The molecule has 1 N–H and O–H groups in total. The Balaban J connectivity index is 2.63. The quantitative estimate of drug-likeness (QED) is 0.665. The van der Waals surface area contributed by atoms with Crippen LogP contribution in [-0.2, 0) is 14.8 Å². The zero-order chi connectivity index (χ0) is 10.2. The van der Waals surface area contributed by atoms with Gasteiger partial charge in [-0.3, -0.25) is 5.32 Å². The summed E-state index contributed by atoms with van der Waals surface area (Å²) in [5.41, 5.74) is 0. The molecule has 0 saturated heterocycles. The fourth-order valence-corrected chi connectivity index (χ4v) is 2.10. The van der Waals surface area contributed by atoms with Gasteiger partial charge in [-0.05, 0) is 12.1 Å². The third-order valence-electron chi connectivity index (χ3n) is 1.67. The maximum atomic E-state index is 11.5. The molecule has 0 bridgehead atoms. The van der Waals surface area contributed by atoms with Gasteiger partial charge in [0, 0.05) is 6.20 Å². The molecule has 0 aromatic carbocycles.